The van der Waals surface area contributed by atoms with Crippen LogP contribution in [0.3, 0.4) is 0 Å². The predicted molar refractivity (Wildman–Crippen MR) is 95.2 cm³/mol. The minimum Gasteiger partial charge on any atom is -0.495 e. The Balaban J connectivity index is 2.27. The number of sulfonamides is 1. The van der Waals surface area contributed by atoms with Crippen molar-refractivity contribution in [1.29, 1.82) is 0 Å². The SMILES string of the molecule is COc1ccc(Cl)cc1NC(=O)CN(c1ccccc1F)S(C)(=O)=O. The highest BCUT2D eigenvalue weighted by Crippen LogP contribution is 2.28. The van der Waals surface area contributed by atoms with E-state index in [4.69, 9.17) is 16.3 Å². The standard InChI is InChI=1S/C16H16ClFN2O4S/c1-24-15-8-7-11(17)9-13(15)19-16(21)10-20(25(2,22)23)14-6-4-3-5-12(14)18/h3-9H,10H2,1-2H3,(H,19,21). The summed E-state index contributed by atoms with van der Waals surface area (Å²) < 4.78 is 43.7. The highest BCUT2D eigenvalue weighted by Gasteiger charge is 2.23. The Morgan fingerprint density at radius 2 is 1.96 bits per heavy atom. The van der Waals surface area contributed by atoms with Crippen LogP contribution < -0.4 is 14.4 Å². The first-order valence-corrected chi connectivity index (χ1v) is 9.30. The second kappa shape index (κ2) is 7.71. The van der Waals surface area contributed by atoms with Gasteiger partial charge in [-0.3, -0.25) is 9.10 Å². The van der Waals surface area contributed by atoms with E-state index >= 15 is 0 Å². The summed E-state index contributed by atoms with van der Waals surface area (Å²) in [6.07, 6.45) is 0.896. The second-order valence-corrected chi connectivity index (χ2v) is 7.46. The number of rotatable bonds is 6. The van der Waals surface area contributed by atoms with E-state index in [0.29, 0.717) is 15.1 Å². The predicted octanol–water partition coefficient (Wildman–Crippen LogP) is 2.89. The first-order chi connectivity index (χ1) is 11.7. The van der Waals surface area contributed by atoms with Gasteiger partial charge >= 0.3 is 0 Å². The van der Waals surface area contributed by atoms with Crippen molar-refractivity contribution in [2.75, 3.05) is 29.5 Å². The molecule has 0 saturated heterocycles. The maximum atomic E-state index is 13.9. The fourth-order valence-corrected chi connectivity index (χ4v) is 3.16. The molecule has 1 amide bonds. The van der Waals surface area contributed by atoms with Crippen molar-refractivity contribution in [1.82, 2.24) is 0 Å². The van der Waals surface area contributed by atoms with Gasteiger partial charge in [-0.1, -0.05) is 23.7 Å². The number of hydrogen-bond acceptors (Lipinski definition) is 4. The summed E-state index contributed by atoms with van der Waals surface area (Å²) in [6.45, 7) is -0.602. The molecule has 0 unspecified atom stereocenters. The minimum absolute atomic E-state index is 0.210. The number of carbonyl (C=O) groups is 1. The number of methoxy groups -OCH3 is 1. The molecule has 0 radical (unpaired) electrons. The van der Waals surface area contributed by atoms with Gasteiger partial charge in [0.2, 0.25) is 15.9 Å². The topological polar surface area (TPSA) is 75.7 Å². The Morgan fingerprint density at radius 1 is 1.28 bits per heavy atom. The molecular weight excluding hydrogens is 371 g/mol. The van der Waals surface area contributed by atoms with E-state index in [-0.39, 0.29) is 11.4 Å². The Bertz CT molecular complexity index is 889. The van der Waals surface area contributed by atoms with Crippen molar-refractivity contribution in [3.8, 4) is 5.75 Å². The lowest BCUT2D eigenvalue weighted by atomic mass is 10.3. The molecule has 2 aromatic rings. The van der Waals surface area contributed by atoms with Crippen LogP contribution in [0.25, 0.3) is 0 Å². The maximum absolute atomic E-state index is 13.9. The van der Waals surface area contributed by atoms with Crippen LogP contribution in [-0.2, 0) is 14.8 Å². The van der Waals surface area contributed by atoms with Gasteiger partial charge in [0.15, 0.2) is 0 Å². The Morgan fingerprint density at radius 3 is 2.56 bits per heavy atom. The molecule has 9 heteroatoms. The Hall–Kier alpha value is -2.32. The van der Waals surface area contributed by atoms with Crippen molar-refractivity contribution in [2.24, 2.45) is 0 Å². The van der Waals surface area contributed by atoms with E-state index in [0.717, 1.165) is 12.3 Å². The average molecular weight is 387 g/mol. The third-order valence-electron chi connectivity index (χ3n) is 3.24. The number of halogens is 2. The Kier molecular flexibility index (Phi) is 5.86. The first kappa shape index (κ1) is 19.0. The molecule has 0 saturated carbocycles. The summed E-state index contributed by atoms with van der Waals surface area (Å²) in [5.41, 5.74) is 0.0696. The molecule has 6 nitrogen and oxygen atoms in total. The summed E-state index contributed by atoms with van der Waals surface area (Å²) in [7, 11) is -2.46. The Labute approximate surface area is 150 Å². The van der Waals surface area contributed by atoms with E-state index in [1.165, 1.54) is 31.4 Å². The lowest BCUT2D eigenvalue weighted by molar-refractivity contribution is -0.114. The average Bonchev–Trinajstić information content (AvgIpc) is 2.53. The molecule has 0 heterocycles. The third kappa shape index (κ3) is 4.83. The molecule has 0 bridgehead atoms. The monoisotopic (exact) mass is 386 g/mol. The molecule has 134 valence electrons. The number of nitrogens with one attached hydrogen (secondary N) is 1. The van der Waals surface area contributed by atoms with Crippen molar-refractivity contribution in [2.45, 2.75) is 0 Å². The zero-order chi connectivity index (χ0) is 18.6. The van der Waals surface area contributed by atoms with E-state index < -0.39 is 28.3 Å². The molecule has 2 rings (SSSR count). The summed E-state index contributed by atoms with van der Waals surface area (Å²) in [5, 5.41) is 2.88. The second-order valence-electron chi connectivity index (χ2n) is 5.11. The molecule has 25 heavy (non-hydrogen) atoms. The smallest absolute Gasteiger partial charge is 0.245 e. The third-order valence-corrected chi connectivity index (χ3v) is 4.61. The van der Waals surface area contributed by atoms with Crippen LogP contribution in [0.2, 0.25) is 5.02 Å². The number of hydrogen-bond donors (Lipinski definition) is 1. The number of para-hydroxylation sites is 1. The quantitative estimate of drug-likeness (QED) is 0.828. The van der Waals surface area contributed by atoms with Crippen LogP contribution in [0.5, 0.6) is 5.75 Å². The number of anilines is 2. The van der Waals surface area contributed by atoms with E-state index in [1.54, 1.807) is 12.1 Å². The number of carbonyl (C=O) groups excluding carboxylic acids is 1. The van der Waals surface area contributed by atoms with Gasteiger partial charge in [0, 0.05) is 5.02 Å². The maximum Gasteiger partial charge on any atom is 0.245 e. The zero-order valence-corrected chi connectivity index (χ0v) is 15.1. The molecule has 0 aromatic heterocycles. The van der Waals surface area contributed by atoms with Gasteiger partial charge in [0.1, 0.15) is 18.1 Å². The largest absolute Gasteiger partial charge is 0.495 e. The molecule has 2 aromatic carbocycles. The van der Waals surface area contributed by atoms with Gasteiger partial charge in [0.25, 0.3) is 0 Å². The summed E-state index contributed by atoms with van der Waals surface area (Å²) in [6, 6.07) is 9.91. The van der Waals surface area contributed by atoms with E-state index in [9.17, 15) is 17.6 Å². The lowest BCUT2D eigenvalue weighted by Crippen LogP contribution is -2.38. The lowest BCUT2D eigenvalue weighted by Gasteiger charge is -2.22. The van der Waals surface area contributed by atoms with Crippen LogP contribution in [0.15, 0.2) is 42.5 Å². The van der Waals surface area contributed by atoms with Crippen LogP contribution in [-0.4, -0.2) is 34.2 Å². The molecule has 0 fully saturated rings. The van der Waals surface area contributed by atoms with Crippen LogP contribution in [0.4, 0.5) is 15.8 Å². The number of benzene rings is 2. The molecule has 0 atom stereocenters. The van der Waals surface area contributed by atoms with Crippen LogP contribution in [0.1, 0.15) is 0 Å². The van der Waals surface area contributed by atoms with Gasteiger partial charge in [-0.25, -0.2) is 12.8 Å². The van der Waals surface area contributed by atoms with Crippen molar-refractivity contribution < 1.29 is 22.3 Å². The highest BCUT2D eigenvalue weighted by atomic mass is 35.5. The molecule has 0 aliphatic heterocycles. The van der Waals surface area contributed by atoms with Gasteiger partial charge in [-0.05, 0) is 30.3 Å². The fourth-order valence-electron chi connectivity index (χ4n) is 2.13. The number of nitrogens with zero attached hydrogens (tertiary/aromatic N) is 1. The van der Waals surface area contributed by atoms with Crippen molar-refractivity contribution in [3.63, 3.8) is 0 Å². The van der Waals surface area contributed by atoms with Crippen molar-refractivity contribution in [3.05, 3.63) is 53.3 Å². The van der Waals surface area contributed by atoms with Gasteiger partial charge in [-0.2, -0.15) is 0 Å². The number of amides is 1. The minimum atomic E-state index is -3.88. The number of ether oxygens (including phenoxy) is 1. The molecule has 1 N–H and O–H groups in total. The van der Waals surface area contributed by atoms with E-state index in [1.807, 2.05) is 0 Å². The van der Waals surface area contributed by atoms with Gasteiger partial charge in [-0.15, -0.1) is 0 Å². The first-order valence-electron chi connectivity index (χ1n) is 7.08. The highest BCUT2D eigenvalue weighted by molar-refractivity contribution is 7.92. The van der Waals surface area contributed by atoms with Gasteiger partial charge < -0.3 is 10.1 Å². The van der Waals surface area contributed by atoms with Crippen molar-refractivity contribution >= 4 is 38.9 Å². The fraction of sp³-hybridized carbons (Fsp3) is 0.188. The van der Waals surface area contributed by atoms with Crippen LogP contribution >= 0.6 is 11.6 Å². The summed E-state index contributed by atoms with van der Waals surface area (Å²) in [4.78, 5) is 12.3. The molecule has 0 aliphatic rings. The molecule has 0 spiro atoms. The van der Waals surface area contributed by atoms with E-state index in [2.05, 4.69) is 5.32 Å². The molecular formula is C16H16ClFN2O4S. The zero-order valence-electron chi connectivity index (χ0n) is 13.5. The normalized spacial score (nSPS) is 11.0. The van der Waals surface area contributed by atoms with Gasteiger partial charge in [0.05, 0.1) is 24.7 Å². The molecule has 0 aliphatic carbocycles. The van der Waals surface area contributed by atoms with Crippen LogP contribution in [0, 0.1) is 5.82 Å². The summed E-state index contributed by atoms with van der Waals surface area (Å²) in [5.74, 6) is -1.06. The summed E-state index contributed by atoms with van der Waals surface area (Å²) >= 11 is 5.89.